The third kappa shape index (κ3) is 7.20. The summed E-state index contributed by atoms with van der Waals surface area (Å²) in [4.78, 5) is 35.0. The fourth-order valence-electron chi connectivity index (χ4n) is 6.06. The van der Waals surface area contributed by atoms with Gasteiger partial charge in [0.25, 0.3) is 0 Å². The molecular weight excluding hydrogens is 538 g/mol. The molecule has 5 rings (SSSR count). The number of nitrogens with one attached hydrogen (secondary N) is 3. The van der Waals surface area contributed by atoms with Crippen LogP contribution < -0.4 is 15.4 Å². The highest BCUT2D eigenvalue weighted by molar-refractivity contribution is 5.99. The quantitative estimate of drug-likeness (QED) is 0.204. The largest absolute Gasteiger partial charge is 0.492 e. The molecule has 1 aliphatic rings. The molecule has 43 heavy (non-hydrogen) atoms. The topological polar surface area (TPSA) is 89.7 Å². The van der Waals surface area contributed by atoms with Crippen molar-refractivity contribution in [2.45, 2.75) is 51.1 Å². The molecule has 3 aromatic carbocycles. The van der Waals surface area contributed by atoms with E-state index in [-0.39, 0.29) is 17.9 Å². The number of urea groups is 1. The van der Waals surface area contributed by atoms with Gasteiger partial charge in [-0.3, -0.25) is 4.79 Å². The second-order valence-corrected chi connectivity index (χ2v) is 11.7. The van der Waals surface area contributed by atoms with Crippen molar-refractivity contribution in [1.82, 2.24) is 20.1 Å². The molecule has 0 bridgehead atoms. The summed E-state index contributed by atoms with van der Waals surface area (Å²) in [6, 6.07) is 23.3. The van der Waals surface area contributed by atoms with Crippen molar-refractivity contribution in [2.75, 3.05) is 39.1 Å². The molecular formula is C35H43N5O3. The van der Waals surface area contributed by atoms with Crippen LogP contribution in [0.4, 0.5) is 10.5 Å². The third-order valence-electron chi connectivity index (χ3n) is 8.33. The zero-order chi connectivity index (χ0) is 30.3. The Morgan fingerprint density at radius 3 is 2.47 bits per heavy atom. The second-order valence-electron chi connectivity index (χ2n) is 11.7. The standard InChI is InChI=1S/C35H43N5O3/c1-5-43-32-16-15-25(23-39(3)4)21-31(32)37-34(41)33(24(2)29-22-36-30-14-10-9-13-28(29)30)38-35(42)40-19-17-27(18-20-40)26-11-7-6-8-12-26/h6-16,21-22,24,27,33,36H,5,17-20,23H2,1-4H3,(H,37,41)(H,38,42)/t24-,33+/m1/s1. The average Bonchev–Trinajstić information content (AvgIpc) is 3.45. The van der Waals surface area contributed by atoms with Gasteiger partial charge in [0.15, 0.2) is 0 Å². The molecule has 226 valence electrons. The number of carbonyl (C=O) groups is 2. The lowest BCUT2D eigenvalue weighted by atomic mass is 9.89. The highest BCUT2D eigenvalue weighted by Gasteiger charge is 2.33. The molecule has 0 aliphatic carbocycles. The first-order valence-corrected chi connectivity index (χ1v) is 15.2. The fraction of sp³-hybridized carbons (Fsp3) is 0.371. The number of carbonyl (C=O) groups excluding carboxylic acids is 2. The number of hydrogen-bond donors (Lipinski definition) is 3. The Bertz CT molecular complexity index is 1530. The summed E-state index contributed by atoms with van der Waals surface area (Å²) in [5.41, 5.74) is 4.93. The lowest BCUT2D eigenvalue weighted by Crippen LogP contribution is -2.53. The molecule has 1 fully saturated rings. The van der Waals surface area contributed by atoms with Crippen molar-refractivity contribution < 1.29 is 14.3 Å². The predicted octanol–water partition coefficient (Wildman–Crippen LogP) is 6.33. The Labute approximate surface area is 254 Å². The van der Waals surface area contributed by atoms with Crippen LogP contribution in [0.25, 0.3) is 10.9 Å². The molecule has 1 saturated heterocycles. The van der Waals surface area contributed by atoms with E-state index in [1.807, 2.05) is 87.6 Å². The maximum atomic E-state index is 14.1. The molecule has 8 nitrogen and oxygen atoms in total. The van der Waals surface area contributed by atoms with Crippen molar-refractivity contribution in [3.63, 3.8) is 0 Å². The lowest BCUT2D eigenvalue weighted by molar-refractivity contribution is -0.118. The molecule has 0 spiro atoms. The van der Waals surface area contributed by atoms with Gasteiger partial charge in [0.2, 0.25) is 5.91 Å². The van der Waals surface area contributed by atoms with Gasteiger partial charge in [-0.25, -0.2) is 4.79 Å². The van der Waals surface area contributed by atoms with Crippen molar-refractivity contribution in [2.24, 2.45) is 0 Å². The molecule has 0 unspecified atom stereocenters. The van der Waals surface area contributed by atoms with E-state index in [0.29, 0.717) is 37.1 Å². The van der Waals surface area contributed by atoms with E-state index in [0.717, 1.165) is 41.4 Å². The molecule has 2 heterocycles. The zero-order valence-electron chi connectivity index (χ0n) is 25.6. The lowest BCUT2D eigenvalue weighted by Gasteiger charge is -2.34. The van der Waals surface area contributed by atoms with E-state index in [2.05, 4.69) is 44.8 Å². The van der Waals surface area contributed by atoms with Gasteiger partial charge < -0.3 is 30.2 Å². The van der Waals surface area contributed by atoms with Crippen molar-refractivity contribution in [1.29, 1.82) is 0 Å². The SMILES string of the molecule is CCOc1ccc(CN(C)C)cc1NC(=O)[C@@H](NC(=O)N1CCC(c2ccccc2)CC1)[C@H](C)c1c[nH]c2ccccc12. The maximum absolute atomic E-state index is 14.1. The second kappa shape index (κ2) is 13.8. The zero-order valence-corrected chi connectivity index (χ0v) is 25.6. The number of nitrogens with zero attached hydrogens (tertiary/aromatic N) is 2. The Balaban J connectivity index is 1.38. The number of aromatic nitrogens is 1. The van der Waals surface area contributed by atoms with Crippen LogP contribution in [0.15, 0.2) is 79.0 Å². The van der Waals surface area contributed by atoms with Gasteiger partial charge in [0.05, 0.1) is 12.3 Å². The number of ether oxygens (including phenoxy) is 1. The van der Waals surface area contributed by atoms with Crippen molar-refractivity contribution in [3.8, 4) is 5.75 Å². The number of fused-ring (bicyclic) bond motifs is 1. The van der Waals surface area contributed by atoms with Crippen LogP contribution in [0, 0.1) is 0 Å². The summed E-state index contributed by atoms with van der Waals surface area (Å²) in [5.74, 6) is 0.447. The minimum absolute atomic E-state index is 0.218. The number of likely N-dealkylation sites (tertiary alicyclic amines) is 1. The normalized spacial score (nSPS) is 15.3. The molecule has 3 N–H and O–H groups in total. The minimum atomic E-state index is -0.814. The van der Waals surface area contributed by atoms with E-state index in [1.165, 1.54) is 5.56 Å². The van der Waals surface area contributed by atoms with Crippen LogP contribution in [0.1, 0.15) is 55.2 Å². The Hall–Kier alpha value is -4.30. The Morgan fingerprint density at radius 2 is 1.74 bits per heavy atom. The Morgan fingerprint density at radius 1 is 1.02 bits per heavy atom. The van der Waals surface area contributed by atoms with E-state index >= 15 is 0 Å². The van der Waals surface area contributed by atoms with Crippen LogP contribution in [0.3, 0.4) is 0 Å². The minimum Gasteiger partial charge on any atom is -0.492 e. The van der Waals surface area contributed by atoms with E-state index in [9.17, 15) is 9.59 Å². The van der Waals surface area contributed by atoms with Gasteiger partial charge in [0.1, 0.15) is 11.8 Å². The number of hydrogen-bond acceptors (Lipinski definition) is 4. The number of rotatable bonds is 10. The number of H-pyrrole nitrogens is 1. The predicted molar refractivity (Wildman–Crippen MR) is 173 cm³/mol. The summed E-state index contributed by atoms with van der Waals surface area (Å²) in [5, 5.41) is 7.27. The monoisotopic (exact) mass is 581 g/mol. The van der Waals surface area contributed by atoms with E-state index < -0.39 is 6.04 Å². The first-order valence-electron chi connectivity index (χ1n) is 15.2. The van der Waals surface area contributed by atoms with Gasteiger partial charge in [0, 0.05) is 42.7 Å². The molecule has 4 aromatic rings. The van der Waals surface area contributed by atoms with Crippen LogP contribution in [-0.2, 0) is 11.3 Å². The smallest absolute Gasteiger partial charge is 0.318 e. The van der Waals surface area contributed by atoms with E-state index in [1.54, 1.807) is 0 Å². The highest BCUT2D eigenvalue weighted by atomic mass is 16.5. The maximum Gasteiger partial charge on any atom is 0.318 e. The number of para-hydroxylation sites is 1. The first-order chi connectivity index (χ1) is 20.8. The van der Waals surface area contributed by atoms with Crippen LogP contribution >= 0.6 is 0 Å². The molecule has 2 atom stereocenters. The summed E-state index contributed by atoms with van der Waals surface area (Å²) >= 11 is 0. The number of piperidine rings is 1. The van der Waals surface area contributed by atoms with Gasteiger partial charge >= 0.3 is 6.03 Å². The van der Waals surface area contributed by atoms with Gasteiger partial charge in [-0.2, -0.15) is 0 Å². The average molecular weight is 582 g/mol. The van der Waals surface area contributed by atoms with Crippen LogP contribution in [-0.4, -0.2) is 66.6 Å². The first kappa shape index (κ1) is 30.2. The molecule has 0 radical (unpaired) electrons. The van der Waals surface area contributed by atoms with E-state index in [4.69, 9.17) is 4.74 Å². The molecule has 3 amide bonds. The van der Waals surface area contributed by atoms with Crippen molar-refractivity contribution in [3.05, 3.63) is 95.7 Å². The number of benzene rings is 3. The summed E-state index contributed by atoms with van der Waals surface area (Å²) in [6.45, 7) is 6.39. The van der Waals surface area contributed by atoms with Crippen molar-refractivity contribution >= 4 is 28.5 Å². The molecule has 1 aliphatic heterocycles. The molecule has 8 heteroatoms. The molecule has 0 saturated carbocycles. The van der Waals surface area contributed by atoms with Crippen LogP contribution in [0.2, 0.25) is 0 Å². The van der Waals surface area contributed by atoms with Gasteiger partial charge in [-0.1, -0.05) is 61.5 Å². The summed E-state index contributed by atoms with van der Waals surface area (Å²) < 4.78 is 5.86. The summed E-state index contributed by atoms with van der Waals surface area (Å²) in [6.07, 6.45) is 3.72. The molecule has 1 aromatic heterocycles. The third-order valence-corrected chi connectivity index (χ3v) is 8.33. The number of aromatic amines is 1. The fourth-order valence-corrected chi connectivity index (χ4v) is 6.06. The number of amides is 3. The van der Waals surface area contributed by atoms with Gasteiger partial charge in [-0.05, 0) is 74.7 Å². The Kier molecular flexibility index (Phi) is 9.67. The van der Waals surface area contributed by atoms with Crippen LogP contribution in [0.5, 0.6) is 5.75 Å². The summed E-state index contributed by atoms with van der Waals surface area (Å²) in [7, 11) is 4.01. The highest BCUT2D eigenvalue weighted by Crippen LogP contribution is 2.32. The number of anilines is 1. The van der Waals surface area contributed by atoms with Gasteiger partial charge in [-0.15, -0.1) is 0 Å².